The van der Waals surface area contributed by atoms with Gasteiger partial charge in [-0.3, -0.25) is 4.79 Å². The fourth-order valence-corrected chi connectivity index (χ4v) is 2.84. The Labute approximate surface area is 156 Å². The lowest BCUT2D eigenvalue weighted by Crippen LogP contribution is -2.33. The molecular formula is C21H43N3O. The van der Waals surface area contributed by atoms with Crippen LogP contribution in [0, 0.1) is 0 Å². The summed E-state index contributed by atoms with van der Waals surface area (Å²) in [4.78, 5) is 11.6. The zero-order valence-electron chi connectivity index (χ0n) is 16.7. The van der Waals surface area contributed by atoms with Gasteiger partial charge in [-0.25, -0.2) is 0 Å². The Bertz CT molecular complexity index is 306. The van der Waals surface area contributed by atoms with Gasteiger partial charge >= 0.3 is 0 Å². The molecule has 0 heterocycles. The molecular weight excluding hydrogens is 310 g/mol. The van der Waals surface area contributed by atoms with Crippen LogP contribution in [0.2, 0.25) is 0 Å². The van der Waals surface area contributed by atoms with E-state index in [4.69, 9.17) is 5.73 Å². The molecule has 0 saturated heterocycles. The van der Waals surface area contributed by atoms with Gasteiger partial charge in [-0.15, -0.1) is 0 Å². The smallest absolute Gasteiger partial charge is 0.220 e. The lowest BCUT2D eigenvalue weighted by Gasteiger charge is -2.05. The first-order chi connectivity index (χ1) is 12.3. The molecule has 0 rings (SSSR count). The van der Waals surface area contributed by atoms with Crippen LogP contribution in [0.1, 0.15) is 96.8 Å². The van der Waals surface area contributed by atoms with Gasteiger partial charge in [0.25, 0.3) is 0 Å². The molecule has 0 fully saturated rings. The second kappa shape index (κ2) is 21.2. The molecule has 0 aromatic rings. The van der Waals surface area contributed by atoms with Crippen LogP contribution in [-0.2, 0) is 4.79 Å². The molecule has 0 aromatic heterocycles. The van der Waals surface area contributed by atoms with E-state index in [1.807, 2.05) is 0 Å². The average molecular weight is 354 g/mol. The molecule has 0 unspecified atom stereocenters. The first-order valence-electron chi connectivity index (χ1n) is 10.6. The Morgan fingerprint density at radius 1 is 0.800 bits per heavy atom. The van der Waals surface area contributed by atoms with E-state index in [1.54, 1.807) is 0 Å². The van der Waals surface area contributed by atoms with Crippen molar-refractivity contribution in [3.05, 3.63) is 12.2 Å². The summed E-state index contributed by atoms with van der Waals surface area (Å²) >= 11 is 0. The summed E-state index contributed by atoms with van der Waals surface area (Å²) in [5.41, 5.74) is 5.32. The molecule has 0 aliphatic rings. The van der Waals surface area contributed by atoms with Crippen molar-refractivity contribution in [3.63, 3.8) is 0 Å². The van der Waals surface area contributed by atoms with Crippen molar-refractivity contribution in [2.24, 2.45) is 5.73 Å². The standard InChI is InChI=1S/C21H43N3O/c1-2-3-4-5-6-7-8-9-10-11-12-13-14-15-16-17-21(25)24-19-18-23-20-22/h9-10,23H,2-8,11-20,22H2,1H3,(H,24,25)/b10-9-. The van der Waals surface area contributed by atoms with Gasteiger partial charge in [-0.2, -0.15) is 0 Å². The Morgan fingerprint density at radius 2 is 1.36 bits per heavy atom. The minimum Gasteiger partial charge on any atom is -0.355 e. The number of hydrogen-bond acceptors (Lipinski definition) is 3. The normalized spacial score (nSPS) is 11.3. The van der Waals surface area contributed by atoms with Crippen LogP contribution in [0.15, 0.2) is 12.2 Å². The van der Waals surface area contributed by atoms with E-state index in [-0.39, 0.29) is 5.91 Å². The van der Waals surface area contributed by atoms with Gasteiger partial charge in [-0.1, -0.05) is 70.4 Å². The maximum atomic E-state index is 11.6. The Hall–Kier alpha value is -0.870. The van der Waals surface area contributed by atoms with E-state index in [9.17, 15) is 4.79 Å². The van der Waals surface area contributed by atoms with E-state index >= 15 is 0 Å². The fourth-order valence-electron chi connectivity index (χ4n) is 2.84. The lowest BCUT2D eigenvalue weighted by atomic mass is 10.1. The minimum absolute atomic E-state index is 0.163. The zero-order chi connectivity index (χ0) is 18.4. The highest BCUT2D eigenvalue weighted by atomic mass is 16.1. The van der Waals surface area contributed by atoms with Crippen molar-refractivity contribution in [2.45, 2.75) is 96.8 Å². The SMILES string of the molecule is CCCCCCCC/C=C\CCCCCCCC(=O)NCCNCN. The molecule has 0 atom stereocenters. The molecule has 1 amide bonds. The second-order valence-electron chi connectivity index (χ2n) is 6.89. The van der Waals surface area contributed by atoms with Gasteiger partial charge in [0.05, 0.1) is 0 Å². The number of rotatable bonds is 19. The Kier molecular flexibility index (Phi) is 20.4. The molecule has 0 radical (unpaired) electrons. The number of allylic oxidation sites excluding steroid dienone is 2. The third-order valence-corrected chi connectivity index (χ3v) is 4.43. The number of unbranched alkanes of at least 4 members (excludes halogenated alkanes) is 11. The van der Waals surface area contributed by atoms with Crippen molar-refractivity contribution in [2.75, 3.05) is 19.8 Å². The predicted octanol–water partition coefficient (Wildman–Crippen LogP) is 4.65. The Morgan fingerprint density at radius 3 is 1.96 bits per heavy atom. The highest BCUT2D eigenvalue weighted by Gasteiger charge is 1.99. The largest absolute Gasteiger partial charge is 0.355 e. The van der Waals surface area contributed by atoms with E-state index in [0.717, 1.165) is 19.4 Å². The summed E-state index contributed by atoms with van der Waals surface area (Å²) in [6.07, 6.45) is 22.1. The maximum absolute atomic E-state index is 11.6. The molecule has 4 heteroatoms. The van der Waals surface area contributed by atoms with Crippen LogP contribution in [0.25, 0.3) is 0 Å². The highest BCUT2D eigenvalue weighted by molar-refractivity contribution is 5.75. The number of nitrogens with one attached hydrogen (secondary N) is 2. The van der Waals surface area contributed by atoms with Crippen molar-refractivity contribution in [3.8, 4) is 0 Å². The van der Waals surface area contributed by atoms with Crippen LogP contribution in [0.5, 0.6) is 0 Å². The minimum atomic E-state index is 0.163. The van der Waals surface area contributed by atoms with Crippen molar-refractivity contribution >= 4 is 5.91 Å². The maximum Gasteiger partial charge on any atom is 0.220 e. The van der Waals surface area contributed by atoms with E-state index in [1.165, 1.54) is 70.6 Å². The van der Waals surface area contributed by atoms with Gasteiger partial charge < -0.3 is 16.4 Å². The summed E-state index contributed by atoms with van der Waals surface area (Å²) in [5, 5.41) is 5.88. The molecule has 0 aliphatic carbocycles. The van der Waals surface area contributed by atoms with Gasteiger partial charge in [0.2, 0.25) is 5.91 Å². The summed E-state index contributed by atoms with van der Waals surface area (Å²) in [6.45, 7) is 4.14. The summed E-state index contributed by atoms with van der Waals surface area (Å²) in [5.74, 6) is 0.163. The van der Waals surface area contributed by atoms with Crippen molar-refractivity contribution in [1.29, 1.82) is 0 Å². The van der Waals surface area contributed by atoms with E-state index < -0.39 is 0 Å². The molecule has 4 nitrogen and oxygen atoms in total. The molecule has 0 aliphatic heterocycles. The van der Waals surface area contributed by atoms with Gasteiger partial charge in [0.15, 0.2) is 0 Å². The van der Waals surface area contributed by atoms with Crippen molar-refractivity contribution in [1.82, 2.24) is 10.6 Å². The van der Waals surface area contributed by atoms with Crippen LogP contribution in [0.4, 0.5) is 0 Å². The molecule has 0 spiro atoms. The van der Waals surface area contributed by atoms with Gasteiger partial charge in [0, 0.05) is 26.2 Å². The van der Waals surface area contributed by atoms with E-state index in [0.29, 0.717) is 19.6 Å². The molecule has 0 bridgehead atoms. The van der Waals surface area contributed by atoms with E-state index in [2.05, 4.69) is 29.7 Å². The Balaban J connectivity index is 3.17. The monoisotopic (exact) mass is 353 g/mol. The zero-order valence-corrected chi connectivity index (χ0v) is 16.7. The highest BCUT2D eigenvalue weighted by Crippen LogP contribution is 2.09. The molecule has 148 valence electrons. The molecule has 0 saturated carbocycles. The molecule has 0 aromatic carbocycles. The summed E-state index contributed by atoms with van der Waals surface area (Å²) < 4.78 is 0. The van der Waals surface area contributed by atoms with Gasteiger partial charge in [0.1, 0.15) is 0 Å². The van der Waals surface area contributed by atoms with Crippen LogP contribution < -0.4 is 16.4 Å². The lowest BCUT2D eigenvalue weighted by molar-refractivity contribution is -0.121. The van der Waals surface area contributed by atoms with Crippen molar-refractivity contribution < 1.29 is 4.79 Å². The second-order valence-corrected chi connectivity index (χ2v) is 6.89. The van der Waals surface area contributed by atoms with Crippen LogP contribution in [0.3, 0.4) is 0 Å². The fraction of sp³-hybridized carbons (Fsp3) is 0.857. The molecule has 25 heavy (non-hydrogen) atoms. The topological polar surface area (TPSA) is 67.2 Å². The quantitative estimate of drug-likeness (QED) is 0.180. The number of carbonyl (C=O) groups is 1. The van der Waals surface area contributed by atoms with Crippen LogP contribution in [-0.4, -0.2) is 25.7 Å². The first-order valence-corrected chi connectivity index (χ1v) is 10.6. The number of amides is 1. The molecule has 4 N–H and O–H groups in total. The van der Waals surface area contributed by atoms with Crippen LogP contribution >= 0.6 is 0 Å². The number of hydrogen-bond donors (Lipinski definition) is 3. The third kappa shape index (κ3) is 21.1. The first kappa shape index (κ1) is 24.1. The number of carbonyl (C=O) groups excluding carboxylic acids is 1. The average Bonchev–Trinajstić information content (AvgIpc) is 2.62. The third-order valence-electron chi connectivity index (χ3n) is 4.43. The summed E-state index contributed by atoms with van der Waals surface area (Å²) in [6, 6.07) is 0. The summed E-state index contributed by atoms with van der Waals surface area (Å²) in [7, 11) is 0. The number of nitrogens with two attached hydrogens (primary N) is 1. The van der Waals surface area contributed by atoms with Gasteiger partial charge in [-0.05, 0) is 32.1 Å². The predicted molar refractivity (Wildman–Crippen MR) is 110 cm³/mol.